The van der Waals surface area contributed by atoms with Gasteiger partial charge in [0.05, 0.1) is 12.2 Å². The van der Waals surface area contributed by atoms with Crippen LogP contribution in [-0.2, 0) is 0 Å². The van der Waals surface area contributed by atoms with Crippen molar-refractivity contribution in [3.63, 3.8) is 0 Å². The van der Waals surface area contributed by atoms with Crippen molar-refractivity contribution >= 4 is 5.91 Å². The van der Waals surface area contributed by atoms with E-state index >= 15 is 0 Å². The Morgan fingerprint density at radius 1 is 1.37 bits per heavy atom. The summed E-state index contributed by atoms with van der Waals surface area (Å²) in [5.41, 5.74) is 6.25. The van der Waals surface area contributed by atoms with Crippen molar-refractivity contribution in [3.8, 4) is 5.75 Å². The lowest BCUT2D eigenvalue weighted by atomic mass is 10.1. The molecule has 0 bridgehead atoms. The summed E-state index contributed by atoms with van der Waals surface area (Å²) in [4.78, 5) is 14.3. The van der Waals surface area contributed by atoms with Crippen LogP contribution in [0.4, 0.5) is 0 Å². The highest BCUT2D eigenvalue weighted by atomic mass is 16.5. The number of nitrogens with two attached hydrogens (primary N) is 1. The third kappa shape index (κ3) is 4.24. The second-order valence-electron chi connectivity index (χ2n) is 4.61. The van der Waals surface area contributed by atoms with Crippen LogP contribution in [0.25, 0.3) is 0 Å². The van der Waals surface area contributed by atoms with Crippen LogP contribution in [0.15, 0.2) is 24.3 Å². The number of ether oxygens (including phenoxy) is 1. The molecule has 0 saturated heterocycles. The maximum atomic E-state index is 12.5. The van der Waals surface area contributed by atoms with E-state index in [4.69, 9.17) is 10.5 Å². The molecule has 0 heterocycles. The molecule has 1 atom stereocenters. The first-order valence-electron chi connectivity index (χ1n) is 6.85. The Morgan fingerprint density at radius 2 is 2.05 bits per heavy atom. The standard InChI is InChI=1S/C15H24N2O2/c1-4-17(11-12(3)10-16)15(18)13-8-6-7-9-14(13)19-5-2/h6-9,12H,4-5,10-11,16H2,1-3H3. The molecule has 1 aromatic rings. The predicted molar refractivity (Wildman–Crippen MR) is 77.4 cm³/mol. The van der Waals surface area contributed by atoms with Gasteiger partial charge in [-0.05, 0) is 38.4 Å². The summed E-state index contributed by atoms with van der Waals surface area (Å²) in [6.45, 7) is 8.41. The molecule has 2 N–H and O–H groups in total. The van der Waals surface area contributed by atoms with Crippen molar-refractivity contribution in [1.82, 2.24) is 4.90 Å². The second kappa shape index (κ2) is 7.79. The normalized spacial score (nSPS) is 12.0. The molecule has 0 aliphatic carbocycles. The Bertz CT molecular complexity index is 407. The summed E-state index contributed by atoms with van der Waals surface area (Å²) in [6, 6.07) is 7.37. The summed E-state index contributed by atoms with van der Waals surface area (Å²) >= 11 is 0. The van der Waals surface area contributed by atoms with E-state index in [-0.39, 0.29) is 5.91 Å². The second-order valence-corrected chi connectivity index (χ2v) is 4.61. The summed E-state index contributed by atoms with van der Waals surface area (Å²) < 4.78 is 5.51. The highest BCUT2D eigenvalue weighted by molar-refractivity contribution is 5.96. The van der Waals surface area contributed by atoms with Gasteiger partial charge in [0.1, 0.15) is 5.75 Å². The van der Waals surface area contributed by atoms with Crippen LogP contribution < -0.4 is 10.5 Å². The molecule has 0 saturated carbocycles. The molecule has 1 amide bonds. The monoisotopic (exact) mass is 264 g/mol. The number of carbonyl (C=O) groups is 1. The molecule has 1 rings (SSSR count). The van der Waals surface area contributed by atoms with Gasteiger partial charge >= 0.3 is 0 Å². The number of nitrogens with zero attached hydrogens (tertiary/aromatic N) is 1. The lowest BCUT2D eigenvalue weighted by Crippen LogP contribution is -2.36. The highest BCUT2D eigenvalue weighted by Crippen LogP contribution is 2.20. The fourth-order valence-corrected chi connectivity index (χ4v) is 1.90. The van der Waals surface area contributed by atoms with E-state index in [1.54, 1.807) is 0 Å². The predicted octanol–water partition coefficient (Wildman–Crippen LogP) is 2.14. The van der Waals surface area contributed by atoms with Crippen molar-refractivity contribution in [2.24, 2.45) is 11.7 Å². The molecule has 0 aliphatic rings. The molecule has 4 heteroatoms. The average Bonchev–Trinajstić information content (AvgIpc) is 2.44. The molecule has 1 aromatic carbocycles. The molecule has 0 spiro atoms. The first-order chi connectivity index (χ1) is 9.13. The van der Waals surface area contributed by atoms with Crippen molar-refractivity contribution in [2.75, 3.05) is 26.2 Å². The van der Waals surface area contributed by atoms with E-state index in [1.807, 2.05) is 49.9 Å². The van der Waals surface area contributed by atoms with Crippen LogP contribution in [0.1, 0.15) is 31.1 Å². The zero-order valence-electron chi connectivity index (χ0n) is 12.1. The van der Waals surface area contributed by atoms with Gasteiger partial charge in [0.15, 0.2) is 0 Å². The molecule has 1 unspecified atom stereocenters. The fraction of sp³-hybridized carbons (Fsp3) is 0.533. The van der Waals surface area contributed by atoms with E-state index in [2.05, 4.69) is 0 Å². The maximum Gasteiger partial charge on any atom is 0.257 e. The summed E-state index contributed by atoms with van der Waals surface area (Å²) in [6.07, 6.45) is 0. The van der Waals surface area contributed by atoms with Crippen LogP contribution in [0.5, 0.6) is 5.75 Å². The minimum Gasteiger partial charge on any atom is -0.493 e. The summed E-state index contributed by atoms with van der Waals surface area (Å²) in [7, 11) is 0. The first-order valence-corrected chi connectivity index (χ1v) is 6.85. The maximum absolute atomic E-state index is 12.5. The molecule has 0 radical (unpaired) electrons. The van der Waals surface area contributed by atoms with Gasteiger partial charge < -0.3 is 15.4 Å². The Labute approximate surface area is 115 Å². The lowest BCUT2D eigenvalue weighted by Gasteiger charge is -2.24. The van der Waals surface area contributed by atoms with Gasteiger partial charge in [-0.2, -0.15) is 0 Å². The Kier molecular flexibility index (Phi) is 6.36. The number of para-hydroxylation sites is 1. The first kappa shape index (κ1) is 15.5. The van der Waals surface area contributed by atoms with E-state index in [0.717, 1.165) is 0 Å². The lowest BCUT2D eigenvalue weighted by molar-refractivity contribution is 0.0739. The Hall–Kier alpha value is -1.55. The summed E-state index contributed by atoms with van der Waals surface area (Å²) in [5, 5.41) is 0. The molecular formula is C15H24N2O2. The topological polar surface area (TPSA) is 55.6 Å². The highest BCUT2D eigenvalue weighted by Gasteiger charge is 2.19. The number of carbonyl (C=O) groups excluding carboxylic acids is 1. The van der Waals surface area contributed by atoms with Crippen LogP contribution in [-0.4, -0.2) is 37.0 Å². The largest absolute Gasteiger partial charge is 0.493 e. The molecule has 4 nitrogen and oxygen atoms in total. The van der Waals surface area contributed by atoms with E-state index < -0.39 is 0 Å². The zero-order valence-corrected chi connectivity index (χ0v) is 12.1. The average molecular weight is 264 g/mol. The smallest absolute Gasteiger partial charge is 0.257 e. The van der Waals surface area contributed by atoms with Gasteiger partial charge in [-0.25, -0.2) is 0 Å². The van der Waals surface area contributed by atoms with Crippen LogP contribution in [0.3, 0.4) is 0 Å². The molecule has 106 valence electrons. The van der Waals surface area contributed by atoms with Crippen LogP contribution >= 0.6 is 0 Å². The third-order valence-electron chi connectivity index (χ3n) is 3.02. The van der Waals surface area contributed by atoms with Gasteiger partial charge in [0.2, 0.25) is 0 Å². The van der Waals surface area contributed by atoms with Gasteiger partial charge in [-0.1, -0.05) is 19.1 Å². The van der Waals surface area contributed by atoms with Gasteiger partial charge in [-0.3, -0.25) is 4.79 Å². The van der Waals surface area contributed by atoms with Crippen molar-refractivity contribution in [3.05, 3.63) is 29.8 Å². The molecular weight excluding hydrogens is 240 g/mol. The molecule has 0 aromatic heterocycles. The van der Waals surface area contributed by atoms with Crippen LogP contribution in [0, 0.1) is 5.92 Å². The SMILES string of the molecule is CCOc1ccccc1C(=O)N(CC)CC(C)CN. The number of rotatable bonds is 7. The van der Waals surface area contributed by atoms with Gasteiger partial charge in [0.25, 0.3) is 5.91 Å². The molecule has 0 aliphatic heterocycles. The van der Waals surface area contributed by atoms with Gasteiger partial charge in [-0.15, -0.1) is 0 Å². The Morgan fingerprint density at radius 3 is 2.63 bits per heavy atom. The number of amides is 1. The van der Waals surface area contributed by atoms with Crippen molar-refractivity contribution in [2.45, 2.75) is 20.8 Å². The Balaban J connectivity index is 2.90. The van der Waals surface area contributed by atoms with Crippen LogP contribution in [0.2, 0.25) is 0 Å². The van der Waals surface area contributed by atoms with Crippen molar-refractivity contribution < 1.29 is 9.53 Å². The minimum atomic E-state index is 0.00634. The van der Waals surface area contributed by atoms with E-state index in [1.165, 1.54) is 0 Å². The number of benzene rings is 1. The quantitative estimate of drug-likeness (QED) is 0.821. The molecule has 0 fully saturated rings. The fourth-order valence-electron chi connectivity index (χ4n) is 1.90. The number of hydrogen-bond donors (Lipinski definition) is 1. The zero-order chi connectivity index (χ0) is 14.3. The summed E-state index contributed by atoms with van der Waals surface area (Å²) in [5.74, 6) is 0.948. The minimum absolute atomic E-state index is 0.00634. The third-order valence-corrected chi connectivity index (χ3v) is 3.02. The van der Waals surface area contributed by atoms with Crippen molar-refractivity contribution in [1.29, 1.82) is 0 Å². The van der Waals surface area contributed by atoms with E-state index in [9.17, 15) is 4.79 Å². The van der Waals surface area contributed by atoms with Gasteiger partial charge in [0, 0.05) is 13.1 Å². The number of hydrogen-bond acceptors (Lipinski definition) is 3. The van der Waals surface area contributed by atoms with E-state index in [0.29, 0.717) is 43.5 Å². The molecule has 19 heavy (non-hydrogen) atoms.